The van der Waals surface area contributed by atoms with Crippen LogP contribution in [0.15, 0.2) is 0 Å². The summed E-state index contributed by atoms with van der Waals surface area (Å²) >= 11 is 37.4. The molecule has 0 aromatic heterocycles. The molecule has 106 valence electrons. The first-order chi connectivity index (χ1) is 8.40. The fourth-order valence-electron chi connectivity index (χ4n) is 3.09. The monoisotopic (exact) mass is 370 g/mol. The van der Waals surface area contributed by atoms with E-state index in [1.54, 1.807) is 0 Å². The Morgan fingerprint density at radius 3 is 0.889 bits per heavy atom. The van der Waals surface area contributed by atoms with Crippen molar-refractivity contribution in [3.05, 3.63) is 0 Å². The second-order valence-electron chi connectivity index (χ2n) is 5.42. The number of rotatable bonds is 1. The van der Waals surface area contributed by atoms with Crippen molar-refractivity contribution in [3.63, 3.8) is 0 Å². The van der Waals surface area contributed by atoms with Crippen LogP contribution in [0, 0.1) is 11.8 Å². The molecule has 0 amide bonds. The zero-order valence-electron chi connectivity index (χ0n) is 9.72. The Bertz CT molecular complexity index is 234. The van der Waals surface area contributed by atoms with Gasteiger partial charge in [0.15, 0.2) is 0 Å². The average molecular weight is 373 g/mol. The van der Waals surface area contributed by atoms with Gasteiger partial charge in [-0.1, -0.05) is 0 Å². The first-order valence-corrected chi connectivity index (χ1v) is 8.86. The zero-order valence-corrected chi connectivity index (χ0v) is 14.3. The molecular weight excluding hydrogens is 357 g/mol. The summed E-state index contributed by atoms with van der Waals surface area (Å²) < 4.78 is 0. The maximum atomic E-state index is 6.27. The number of hydrogen-bond acceptors (Lipinski definition) is 0. The van der Waals surface area contributed by atoms with Crippen molar-refractivity contribution in [3.8, 4) is 0 Å². The first-order valence-electron chi connectivity index (χ1n) is 6.24. The molecule has 18 heavy (non-hydrogen) atoms. The lowest BCUT2D eigenvalue weighted by Gasteiger charge is -2.42. The second-order valence-corrected chi connectivity index (χ2v) is 8.67. The van der Waals surface area contributed by atoms with Gasteiger partial charge in [-0.3, -0.25) is 0 Å². The standard InChI is InChI=1S/C12H16Cl6/c13-7-1-5(2-8(14)11(7)17)6-3-9(15)12(18)10(16)4-6/h5-12H,1-4H2. The Hall–Kier alpha value is 1.74. The summed E-state index contributed by atoms with van der Waals surface area (Å²) in [5, 5.41) is -0.554. The Labute approximate surface area is 139 Å². The quantitative estimate of drug-likeness (QED) is 0.537. The summed E-state index contributed by atoms with van der Waals surface area (Å²) in [7, 11) is 0. The maximum absolute atomic E-state index is 6.27. The van der Waals surface area contributed by atoms with Crippen molar-refractivity contribution in [2.24, 2.45) is 11.8 Å². The molecule has 0 saturated heterocycles. The third-order valence-electron chi connectivity index (χ3n) is 4.16. The van der Waals surface area contributed by atoms with Crippen LogP contribution in [-0.2, 0) is 0 Å². The predicted molar refractivity (Wildman–Crippen MR) is 83.3 cm³/mol. The molecule has 0 heterocycles. The minimum absolute atomic E-state index is 0.0656. The summed E-state index contributed by atoms with van der Waals surface area (Å²) in [4.78, 5) is 0. The van der Waals surface area contributed by atoms with E-state index in [0.717, 1.165) is 25.7 Å². The molecule has 0 nitrogen and oxygen atoms in total. The Kier molecular flexibility index (Phi) is 5.97. The molecule has 4 unspecified atom stereocenters. The van der Waals surface area contributed by atoms with Crippen molar-refractivity contribution >= 4 is 69.6 Å². The van der Waals surface area contributed by atoms with E-state index in [9.17, 15) is 0 Å². The van der Waals surface area contributed by atoms with Crippen LogP contribution in [0.1, 0.15) is 25.7 Å². The van der Waals surface area contributed by atoms with Crippen molar-refractivity contribution in [2.45, 2.75) is 57.9 Å². The molecule has 0 N–H and O–H groups in total. The first kappa shape index (κ1) is 16.1. The molecular formula is C12H16Cl6. The second kappa shape index (κ2) is 6.67. The molecule has 0 aromatic rings. The lowest BCUT2D eigenvalue weighted by molar-refractivity contribution is 0.207. The molecule has 0 radical (unpaired) electrons. The molecule has 4 atom stereocenters. The highest BCUT2D eigenvalue weighted by Gasteiger charge is 2.42. The number of alkyl halides is 6. The summed E-state index contributed by atoms with van der Waals surface area (Å²) in [5.41, 5.74) is 0. The van der Waals surface area contributed by atoms with Gasteiger partial charge in [-0.25, -0.2) is 0 Å². The summed E-state index contributed by atoms with van der Waals surface area (Å²) in [5.74, 6) is 0.910. The molecule has 0 bridgehead atoms. The fraction of sp³-hybridized carbons (Fsp3) is 1.00. The molecule has 0 aromatic carbocycles. The van der Waals surface area contributed by atoms with Crippen LogP contribution in [0.2, 0.25) is 0 Å². The van der Waals surface area contributed by atoms with E-state index in [4.69, 9.17) is 69.6 Å². The van der Waals surface area contributed by atoms with Gasteiger partial charge in [-0.2, -0.15) is 0 Å². The van der Waals surface area contributed by atoms with Gasteiger partial charge in [0.25, 0.3) is 0 Å². The van der Waals surface area contributed by atoms with Gasteiger partial charge in [-0.05, 0) is 37.5 Å². The zero-order chi connectivity index (χ0) is 13.4. The molecule has 2 aliphatic rings. The SMILES string of the molecule is ClC1CC(C2CC(Cl)C(Cl)C(Cl)C2)CC(Cl)C1Cl. The highest BCUT2D eigenvalue weighted by atomic mass is 35.5. The fourth-order valence-corrected chi connectivity index (χ4v) is 5.27. The van der Waals surface area contributed by atoms with Crippen molar-refractivity contribution in [1.29, 1.82) is 0 Å². The normalized spacial score (nSPS) is 54.3. The summed E-state index contributed by atoms with van der Waals surface area (Å²) in [6, 6.07) is 0. The minimum Gasteiger partial charge on any atom is -0.121 e. The minimum atomic E-state index is -0.146. The molecule has 2 saturated carbocycles. The van der Waals surface area contributed by atoms with Crippen LogP contribution in [-0.4, -0.2) is 32.3 Å². The third-order valence-corrected chi connectivity index (χ3v) is 7.69. The lowest BCUT2D eigenvalue weighted by Crippen LogP contribution is -2.43. The Morgan fingerprint density at radius 1 is 0.444 bits per heavy atom. The Morgan fingerprint density at radius 2 is 0.667 bits per heavy atom. The van der Waals surface area contributed by atoms with E-state index in [0.29, 0.717) is 11.8 Å². The van der Waals surface area contributed by atoms with E-state index < -0.39 is 0 Å². The molecule has 2 aliphatic carbocycles. The van der Waals surface area contributed by atoms with Gasteiger partial charge in [-0.15, -0.1) is 69.6 Å². The van der Waals surface area contributed by atoms with Gasteiger partial charge in [0.05, 0.1) is 32.3 Å². The van der Waals surface area contributed by atoms with E-state index in [1.807, 2.05) is 0 Å². The van der Waals surface area contributed by atoms with Crippen LogP contribution >= 0.6 is 69.6 Å². The van der Waals surface area contributed by atoms with E-state index in [-0.39, 0.29) is 32.3 Å². The smallest absolute Gasteiger partial charge is 0.0663 e. The molecule has 0 spiro atoms. The lowest BCUT2D eigenvalue weighted by atomic mass is 9.72. The van der Waals surface area contributed by atoms with Gasteiger partial charge >= 0.3 is 0 Å². The number of hydrogen-bond donors (Lipinski definition) is 0. The van der Waals surface area contributed by atoms with Crippen LogP contribution < -0.4 is 0 Å². The number of halogens is 6. The highest BCUT2D eigenvalue weighted by Crippen LogP contribution is 2.45. The van der Waals surface area contributed by atoms with Crippen LogP contribution in [0.3, 0.4) is 0 Å². The van der Waals surface area contributed by atoms with E-state index in [1.165, 1.54) is 0 Å². The van der Waals surface area contributed by atoms with Crippen molar-refractivity contribution in [2.75, 3.05) is 0 Å². The van der Waals surface area contributed by atoms with E-state index >= 15 is 0 Å². The molecule has 2 rings (SSSR count). The summed E-state index contributed by atoms with van der Waals surface area (Å²) in [6.45, 7) is 0. The van der Waals surface area contributed by atoms with Crippen molar-refractivity contribution in [1.82, 2.24) is 0 Å². The van der Waals surface area contributed by atoms with Gasteiger partial charge < -0.3 is 0 Å². The van der Waals surface area contributed by atoms with Crippen LogP contribution in [0.5, 0.6) is 0 Å². The van der Waals surface area contributed by atoms with E-state index in [2.05, 4.69) is 0 Å². The van der Waals surface area contributed by atoms with Gasteiger partial charge in [0, 0.05) is 0 Å². The highest BCUT2D eigenvalue weighted by molar-refractivity contribution is 6.36. The Balaban J connectivity index is 2.00. The largest absolute Gasteiger partial charge is 0.121 e. The average Bonchev–Trinajstić information content (AvgIpc) is 2.31. The van der Waals surface area contributed by atoms with Crippen LogP contribution in [0.4, 0.5) is 0 Å². The van der Waals surface area contributed by atoms with Crippen molar-refractivity contribution < 1.29 is 0 Å². The third kappa shape index (κ3) is 3.49. The predicted octanol–water partition coefficient (Wildman–Crippen LogP) is 5.45. The summed E-state index contributed by atoms with van der Waals surface area (Å²) in [6.07, 6.45) is 3.57. The van der Waals surface area contributed by atoms with Gasteiger partial charge in [0.2, 0.25) is 0 Å². The molecule has 0 aliphatic heterocycles. The molecule has 2 fully saturated rings. The van der Waals surface area contributed by atoms with Gasteiger partial charge in [0.1, 0.15) is 0 Å². The topological polar surface area (TPSA) is 0 Å². The maximum Gasteiger partial charge on any atom is 0.0663 e. The molecule has 6 heteroatoms. The van der Waals surface area contributed by atoms with Crippen LogP contribution in [0.25, 0.3) is 0 Å².